The molecule has 0 bridgehead atoms. The first-order chi connectivity index (χ1) is 7.34. The molecule has 1 aliphatic rings. The predicted molar refractivity (Wildman–Crippen MR) is 59.7 cm³/mol. The van der Waals surface area contributed by atoms with Crippen molar-refractivity contribution in [3.05, 3.63) is 35.0 Å². The molecule has 15 heavy (non-hydrogen) atoms. The van der Waals surface area contributed by atoms with Gasteiger partial charge in [-0.05, 0) is 6.07 Å². The summed E-state index contributed by atoms with van der Waals surface area (Å²) in [5.41, 5.74) is 3.00. The van der Waals surface area contributed by atoms with Crippen molar-refractivity contribution in [3.8, 4) is 11.4 Å². The highest BCUT2D eigenvalue weighted by Crippen LogP contribution is 2.33. The molecule has 2 aromatic rings. The number of hydrogen-bond donors (Lipinski definition) is 0. The number of furan rings is 1. The third-order valence-electron chi connectivity index (χ3n) is 2.31. The molecule has 1 aliphatic heterocycles. The second kappa shape index (κ2) is 3.54. The molecule has 0 saturated carbocycles. The molecule has 76 valence electrons. The summed E-state index contributed by atoms with van der Waals surface area (Å²) < 4.78 is 5.00. The molecule has 0 amide bonds. The highest BCUT2D eigenvalue weighted by molar-refractivity contribution is 7.98. The Bertz CT molecular complexity index is 498. The highest BCUT2D eigenvalue weighted by atomic mass is 35.5. The van der Waals surface area contributed by atoms with Gasteiger partial charge in [-0.3, -0.25) is 0 Å². The minimum absolute atomic E-state index is 0.571. The smallest absolute Gasteiger partial charge is 0.164 e. The summed E-state index contributed by atoms with van der Waals surface area (Å²) in [5.74, 6) is 2.48. The van der Waals surface area contributed by atoms with Crippen LogP contribution in [0.1, 0.15) is 11.3 Å². The number of aromatic nitrogens is 2. The Kier molecular flexibility index (Phi) is 2.18. The third kappa shape index (κ3) is 1.54. The van der Waals surface area contributed by atoms with Gasteiger partial charge in [-0.25, -0.2) is 9.97 Å². The van der Waals surface area contributed by atoms with Crippen LogP contribution in [-0.4, -0.2) is 9.97 Å². The predicted octanol–water partition coefficient (Wildman–Crippen LogP) is 3.14. The van der Waals surface area contributed by atoms with E-state index in [9.17, 15) is 0 Å². The van der Waals surface area contributed by atoms with Crippen LogP contribution in [0, 0.1) is 0 Å². The van der Waals surface area contributed by atoms with Crippen molar-refractivity contribution in [2.75, 3.05) is 0 Å². The van der Waals surface area contributed by atoms with E-state index in [1.807, 2.05) is 17.8 Å². The first-order valence-corrected chi connectivity index (χ1v) is 6.03. The largest absolute Gasteiger partial charge is 0.472 e. The Morgan fingerprint density at radius 1 is 1.33 bits per heavy atom. The van der Waals surface area contributed by atoms with Gasteiger partial charge in [0.25, 0.3) is 0 Å². The van der Waals surface area contributed by atoms with Gasteiger partial charge in [-0.15, -0.1) is 0 Å². The molecule has 0 aliphatic carbocycles. The van der Waals surface area contributed by atoms with Crippen molar-refractivity contribution in [2.45, 2.75) is 11.5 Å². The number of rotatable bonds is 1. The van der Waals surface area contributed by atoms with Gasteiger partial charge in [0, 0.05) is 17.1 Å². The summed E-state index contributed by atoms with van der Waals surface area (Å²) in [5, 5.41) is 0.571. The van der Waals surface area contributed by atoms with E-state index in [2.05, 4.69) is 9.97 Å². The zero-order valence-electron chi connectivity index (χ0n) is 7.74. The molecular weight excluding hydrogens is 232 g/mol. The highest BCUT2D eigenvalue weighted by Gasteiger charge is 2.19. The van der Waals surface area contributed by atoms with Gasteiger partial charge < -0.3 is 4.42 Å². The maximum absolute atomic E-state index is 6.10. The van der Waals surface area contributed by atoms with Gasteiger partial charge in [-0.1, -0.05) is 11.6 Å². The van der Waals surface area contributed by atoms with E-state index in [1.54, 1.807) is 12.5 Å². The lowest BCUT2D eigenvalue weighted by Gasteiger charge is -2.02. The number of fused-ring (bicyclic) bond motifs is 1. The SMILES string of the molecule is Clc1nc(-c2ccoc2)nc2c1CSC2. The van der Waals surface area contributed by atoms with Crippen LogP contribution in [-0.2, 0) is 11.5 Å². The van der Waals surface area contributed by atoms with Crippen molar-refractivity contribution < 1.29 is 4.42 Å². The lowest BCUT2D eigenvalue weighted by molar-refractivity contribution is 0.568. The molecule has 5 heteroatoms. The minimum Gasteiger partial charge on any atom is -0.472 e. The van der Waals surface area contributed by atoms with Crippen molar-refractivity contribution in [3.63, 3.8) is 0 Å². The molecule has 2 aromatic heterocycles. The van der Waals surface area contributed by atoms with Crippen LogP contribution >= 0.6 is 23.4 Å². The Labute approximate surface area is 95.9 Å². The molecule has 0 saturated heterocycles. The first-order valence-electron chi connectivity index (χ1n) is 4.50. The van der Waals surface area contributed by atoms with E-state index in [0.29, 0.717) is 11.0 Å². The summed E-state index contributed by atoms with van der Waals surface area (Å²) in [7, 11) is 0. The molecule has 0 spiro atoms. The van der Waals surface area contributed by atoms with Crippen molar-refractivity contribution in [2.24, 2.45) is 0 Å². The summed E-state index contributed by atoms with van der Waals surface area (Å²) in [6.45, 7) is 0. The Hall–Kier alpha value is -1.00. The quantitative estimate of drug-likeness (QED) is 0.716. The number of hydrogen-bond acceptors (Lipinski definition) is 4. The zero-order chi connectivity index (χ0) is 10.3. The summed E-state index contributed by atoms with van der Waals surface area (Å²) in [4.78, 5) is 8.75. The van der Waals surface area contributed by atoms with E-state index in [-0.39, 0.29) is 0 Å². The molecule has 3 nitrogen and oxygen atoms in total. The maximum Gasteiger partial charge on any atom is 0.164 e. The van der Waals surface area contributed by atoms with Crippen molar-refractivity contribution in [1.29, 1.82) is 0 Å². The second-order valence-corrected chi connectivity index (χ2v) is 4.61. The normalized spacial score (nSPS) is 14.2. The van der Waals surface area contributed by atoms with Gasteiger partial charge in [-0.2, -0.15) is 11.8 Å². The van der Waals surface area contributed by atoms with Gasteiger partial charge in [0.15, 0.2) is 5.82 Å². The van der Waals surface area contributed by atoms with Crippen LogP contribution in [0.4, 0.5) is 0 Å². The van der Waals surface area contributed by atoms with Gasteiger partial charge in [0.1, 0.15) is 11.4 Å². The molecule has 0 aromatic carbocycles. The average molecular weight is 239 g/mol. The van der Waals surface area contributed by atoms with Crippen LogP contribution in [0.15, 0.2) is 23.0 Å². The number of thioether (sulfide) groups is 1. The fourth-order valence-corrected chi connectivity index (χ4v) is 2.91. The van der Waals surface area contributed by atoms with Crippen LogP contribution in [0.2, 0.25) is 5.15 Å². The molecule has 0 atom stereocenters. The number of halogens is 1. The van der Waals surface area contributed by atoms with Crippen LogP contribution in [0.25, 0.3) is 11.4 Å². The van der Waals surface area contributed by atoms with Crippen LogP contribution in [0.3, 0.4) is 0 Å². The summed E-state index contributed by atoms with van der Waals surface area (Å²) >= 11 is 7.91. The third-order valence-corrected chi connectivity index (χ3v) is 3.59. The van der Waals surface area contributed by atoms with E-state index < -0.39 is 0 Å². The van der Waals surface area contributed by atoms with Crippen LogP contribution < -0.4 is 0 Å². The zero-order valence-corrected chi connectivity index (χ0v) is 9.31. The van der Waals surface area contributed by atoms with Crippen molar-refractivity contribution >= 4 is 23.4 Å². The summed E-state index contributed by atoms with van der Waals surface area (Å²) in [6, 6.07) is 1.83. The minimum atomic E-state index is 0.571. The van der Waals surface area contributed by atoms with E-state index in [1.165, 1.54) is 0 Å². The molecule has 3 heterocycles. The van der Waals surface area contributed by atoms with E-state index >= 15 is 0 Å². The lowest BCUT2D eigenvalue weighted by Crippen LogP contribution is -1.96. The Balaban J connectivity index is 2.15. The van der Waals surface area contributed by atoms with Gasteiger partial charge in [0.05, 0.1) is 17.5 Å². The topological polar surface area (TPSA) is 38.9 Å². The van der Waals surface area contributed by atoms with E-state index in [4.69, 9.17) is 16.0 Å². The standard InChI is InChI=1S/C10H7ClN2OS/c11-9-7-4-15-5-8(7)12-10(13-9)6-1-2-14-3-6/h1-3H,4-5H2. The Morgan fingerprint density at radius 3 is 3.07 bits per heavy atom. The molecule has 3 rings (SSSR count). The van der Waals surface area contributed by atoms with E-state index in [0.717, 1.165) is 28.3 Å². The summed E-state index contributed by atoms with van der Waals surface area (Å²) in [6.07, 6.45) is 3.23. The Morgan fingerprint density at radius 2 is 2.27 bits per heavy atom. The van der Waals surface area contributed by atoms with Crippen LogP contribution in [0.5, 0.6) is 0 Å². The second-order valence-electron chi connectivity index (χ2n) is 3.27. The number of nitrogens with zero attached hydrogens (tertiary/aromatic N) is 2. The maximum atomic E-state index is 6.10. The lowest BCUT2D eigenvalue weighted by atomic mass is 10.2. The fourth-order valence-electron chi connectivity index (χ4n) is 1.53. The monoisotopic (exact) mass is 238 g/mol. The molecular formula is C10H7ClN2OS. The first kappa shape index (κ1) is 9.24. The fraction of sp³-hybridized carbons (Fsp3) is 0.200. The molecule has 0 unspecified atom stereocenters. The van der Waals surface area contributed by atoms with Crippen molar-refractivity contribution in [1.82, 2.24) is 9.97 Å². The molecule has 0 N–H and O–H groups in total. The molecule has 0 radical (unpaired) electrons. The average Bonchev–Trinajstić information content (AvgIpc) is 2.88. The van der Waals surface area contributed by atoms with Gasteiger partial charge in [0.2, 0.25) is 0 Å². The molecule has 0 fully saturated rings. The van der Waals surface area contributed by atoms with Gasteiger partial charge >= 0.3 is 0 Å².